The molecular weight excluding hydrogens is 422 g/mol. The summed E-state index contributed by atoms with van der Waals surface area (Å²) >= 11 is 9.57. The van der Waals surface area contributed by atoms with Gasteiger partial charge in [0, 0.05) is 10.2 Å². The Morgan fingerprint density at radius 1 is 0.963 bits per heavy atom. The van der Waals surface area contributed by atoms with Crippen molar-refractivity contribution in [3.8, 4) is 0 Å². The van der Waals surface area contributed by atoms with Crippen molar-refractivity contribution >= 4 is 39.1 Å². The fourth-order valence-electron chi connectivity index (χ4n) is 6.24. The number of carbonyl (C=O) groups excluding carboxylic acids is 1. The zero-order valence-electron chi connectivity index (χ0n) is 15.2. The van der Waals surface area contributed by atoms with Gasteiger partial charge in [0.25, 0.3) is 5.91 Å². The molecule has 27 heavy (non-hydrogen) atoms. The van der Waals surface area contributed by atoms with E-state index in [4.69, 9.17) is 11.6 Å². The zero-order chi connectivity index (χ0) is 18.6. The highest BCUT2D eigenvalue weighted by Crippen LogP contribution is 2.60. The fourth-order valence-corrected chi connectivity index (χ4v) is 6.81. The number of rotatable bonds is 3. The molecule has 4 aliphatic carbocycles. The minimum Gasteiger partial charge on any atom is -0.322 e. The third-order valence-corrected chi connectivity index (χ3v) is 7.79. The first-order chi connectivity index (χ1) is 13.0. The van der Waals surface area contributed by atoms with Crippen LogP contribution in [0.4, 0.5) is 5.69 Å². The topological polar surface area (TPSA) is 29.1 Å². The molecule has 0 heterocycles. The monoisotopic (exact) mass is 443 g/mol. The van der Waals surface area contributed by atoms with Crippen molar-refractivity contribution in [3.63, 3.8) is 0 Å². The molecule has 2 aromatic rings. The Balaban J connectivity index is 1.35. The molecule has 0 spiro atoms. The molecule has 140 valence electrons. The summed E-state index contributed by atoms with van der Waals surface area (Å²) in [5, 5.41) is 3.44. The van der Waals surface area contributed by atoms with Gasteiger partial charge in [0.15, 0.2) is 0 Å². The van der Waals surface area contributed by atoms with Crippen LogP contribution in [-0.2, 0) is 5.41 Å². The lowest BCUT2D eigenvalue weighted by atomic mass is 9.48. The van der Waals surface area contributed by atoms with E-state index in [0.29, 0.717) is 16.0 Å². The summed E-state index contributed by atoms with van der Waals surface area (Å²) in [7, 11) is 0. The highest BCUT2D eigenvalue weighted by Gasteiger charge is 2.51. The van der Waals surface area contributed by atoms with Crippen molar-refractivity contribution < 1.29 is 4.79 Å². The van der Waals surface area contributed by atoms with Crippen molar-refractivity contribution in [2.24, 2.45) is 17.8 Å². The molecule has 6 rings (SSSR count). The number of halogens is 2. The van der Waals surface area contributed by atoms with E-state index in [1.165, 1.54) is 44.1 Å². The van der Waals surface area contributed by atoms with Gasteiger partial charge in [0.05, 0.1) is 10.6 Å². The smallest absolute Gasteiger partial charge is 0.257 e. The van der Waals surface area contributed by atoms with E-state index in [1.54, 1.807) is 12.1 Å². The summed E-state index contributed by atoms with van der Waals surface area (Å²) in [6, 6.07) is 13.9. The second kappa shape index (κ2) is 6.63. The van der Waals surface area contributed by atoms with Crippen LogP contribution in [-0.4, -0.2) is 5.91 Å². The lowest BCUT2D eigenvalue weighted by Gasteiger charge is -2.57. The molecule has 2 aromatic carbocycles. The molecule has 4 heteroatoms. The summed E-state index contributed by atoms with van der Waals surface area (Å²) in [6.45, 7) is 0. The SMILES string of the molecule is O=C(Nc1ccc(C23CC4CC(CC(C4)C2)C3)cc1)c1cc(Br)ccc1Cl. The number of hydrogen-bond acceptors (Lipinski definition) is 1. The average molecular weight is 445 g/mol. The maximum Gasteiger partial charge on any atom is 0.257 e. The third kappa shape index (κ3) is 3.23. The maximum absolute atomic E-state index is 12.6. The predicted molar refractivity (Wildman–Crippen MR) is 113 cm³/mol. The van der Waals surface area contributed by atoms with Gasteiger partial charge in [-0.05, 0) is 97.6 Å². The number of carbonyl (C=O) groups is 1. The third-order valence-electron chi connectivity index (χ3n) is 6.97. The minimum atomic E-state index is -0.177. The van der Waals surface area contributed by atoms with E-state index in [9.17, 15) is 4.79 Å². The molecule has 0 aromatic heterocycles. The lowest BCUT2D eigenvalue weighted by Crippen LogP contribution is -2.48. The highest BCUT2D eigenvalue weighted by molar-refractivity contribution is 9.10. The molecule has 0 aliphatic heterocycles. The van der Waals surface area contributed by atoms with E-state index >= 15 is 0 Å². The van der Waals surface area contributed by atoms with Crippen LogP contribution in [0.5, 0.6) is 0 Å². The van der Waals surface area contributed by atoms with Crippen molar-refractivity contribution in [2.45, 2.75) is 43.9 Å². The van der Waals surface area contributed by atoms with Gasteiger partial charge in [-0.2, -0.15) is 0 Å². The Kier molecular flexibility index (Phi) is 4.36. The van der Waals surface area contributed by atoms with Gasteiger partial charge in [0.1, 0.15) is 0 Å². The molecule has 0 atom stereocenters. The van der Waals surface area contributed by atoms with Gasteiger partial charge in [0.2, 0.25) is 0 Å². The summed E-state index contributed by atoms with van der Waals surface area (Å²) in [4.78, 5) is 12.6. The normalized spacial score (nSPS) is 31.1. The first kappa shape index (κ1) is 17.8. The first-order valence-electron chi connectivity index (χ1n) is 9.88. The molecule has 4 bridgehead atoms. The minimum absolute atomic E-state index is 0.177. The largest absolute Gasteiger partial charge is 0.322 e. The van der Waals surface area contributed by atoms with Gasteiger partial charge in [-0.25, -0.2) is 0 Å². The molecule has 4 fully saturated rings. The second-order valence-electron chi connectivity index (χ2n) is 8.85. The zero-order valence-corrected chi connectivity index (χ0v) is 17.5. The van der Waals surface area contributed by atoms with Crippen LogP contribution in [0.3, 0.4) is 0 Å². The number of nitrogens with one attached hydrogen (secondary N) is 1. The highest BCUT2D eigenvalue weighted by atomic mass is 79.9. The number of anilines is 1. The van der Waals surface area contributed by atoms with Crippen LogP contribution in [0.1, 0.15) is 54.4 Å². The molecule has 0 radical (unpaired) electrons. The standard InChI is InChI=1S/C23H23BrClNO/c24-18-3-6-21(25)20(10-18)22(27)26-19-4-1-17(2-5-19)23-11-14-7-15(12-23)9-16(8-14)13-23/h1-6,10,14-16H,7-9,11-13H2,(H,26,27). The molecule has 2 nitrogen and oxygen atoms in total. The maximum atomic E-state index is 12.6. The molecule has 1 amide bonds. The van der Waals surface area contributed by atoms with Crippen molar-refractivity contribution in [1.82, 2.24) is 0 Å². The Hall–Kier alpha value is -1.32. The van der Waals surface area contributed by atoms with Crippen LogP contribution in [0.15, 0.2) is 46.9 Å². The lowest BCUT2D eigenvalue weighted by molar-refractivity contribution is -0.00518. The number of benzene rings is 2. The van der Waals surface area contributed by atoms with Gasteiger partial charge >= 0.3 is 0 Å². The quantitative estimate of drug-likeness (QED) is 0.552. The summed E-state index contributed by atoms with van der Waals surface area (Å²) in [5.41, 5.74) is 3.17. The molecule has 0 unspecified atom stereocenters. The van der Waals surface area contributed by atoms with Crippen LogP contribution in [0.25, 0.3) is 0 Å². The Morgan fingerprint density at radius 2 is 1.56 bits per heavy atom. The number of amides is 1. The summed E-state index contributed by atoms with van der Waals surface area (Å²) in [6.07, 6.45) is 8.46. The van der Waals surface area contributed by atoms with E-state index in [-0.39, 0.29) is 5.91 Å². The van der Waals surface area contributed by atoms with Crippen LogP contribution >= 0.6 is 27.5 Å². The van der Waals surface area contributed by atoms with Crippen LogP contribution in [0, 0.1) is 17.8 Å². The van der Waals surface area contributed by atoms with Crippen molar-refractivity contribution in [3.05, 3.63) is 63.1 Å². The van der Waals surface area contributed by atoms with E-state index in [2.05, 4.69) is 45.5 Å². The number of hydrogen-bond donors (Lipinski definition) is 1. The van der Waals surface area contributed by atoms with Crippen molar-refractivity contribution in [1.29, 1.82) is 0 Å². The first-order valence-corrected chi connectivity index (χ1v) is 11.0. The second-order valence-corrected chi connectivity index (χ2v) is 10.2. The van der Waals surface area contributed by atoms with E-state index in [1.807, 2.05) is 6.07 Å². The molecular formula is C23H23BrClNO. The average Bonchev–Trinajstić information content (AvgIpc) is 2.63. The molecule has 4 aliphatic rings. The van der Waals surface area contributed by atoms with Gasteiger partial charge in [-0.1, -0.05) is 39.7 Å². The fraction of sp³-hybridized carbons (Fsp3) is 0.435. The molecule has 0 saturated heterocycles. The van der Waals surface area contributed by atoms with E-state index in [0.717, 1.165) is 27.9 Å². The van der Waals surface area contributed by atoms with Crippen LogP contribution in [0.2, 0.25) is 5.02 Å². The van der Waals surface area contributed by atoms with Gasteiger partial charge in [-0.3, -0.25) is 4.79 Å². The van der Waals surface area contributed by atoms with Gasteiger partial charge in [-0.15, -0.1) is 0 Å². The Bertz CT molecular complexity index is 856. The summed E-state index contributed by atoms with van der Waals surface area (Å²) in [5.74, 6) is 2.64. The van der Waals surface area contributed by atoms with Crippen LogP contribution < -0.4 is 5.32 Å². The van der Waals surface area contributed by atoms with E-state index < -0.39 is 0 Å². The summed E-state index contributed by atoms with van der Waals surface area (Å²) < 4.78 is 0.842. The Morgan fingerprint density at radius 3 is 2.15 bits per heavy atom. The van der Waals surface area contributed by atoms with Gasteiger partial charge < -0.3 is 5.32 Å². The molecule has 4 saturated carbocycles. The molecule has 1 N–H and O–H groups in total. The Labute approximate surface area is 173 Å². The predicted octanol–water partition coefficient (Wildman–Crippen LogP) is 6.82. The van der Waals surface area contributed by atoms with Crippen molar-refractivity contribution in [2.75, 3.05) is 5.32 Å².